The fourth-order valence-corrected chi connectivity index (χ4v) is 3.06. The van der Waals surface area contributed by atoms with Crippen molar-refractivity contribution in [1.29, 1.82) is 0 Å². The van der Waals surface area contributed by atoms with Crippen LogP contribution in [0, 0.1) is 12.8 Å². The van der Waals surface area contributed by atoms with Crippen molar-refractivity contribution < 1.29 is 14.1 Å². The lowest BCUT2D eigenvalue weighted by molar-refractivity contribution is -0.119. The molecule has 2 aromatic heterocycles. The monoisotopic (exact) mass is 357 g/mol. The summed E-state index contributed by atoms with van der Waals surface area (Å²) in [5, 5.41) is 6.50. The van der Waals surface area contributed by atoms with Gasteiger partial charge in [0, 0.05) is 32.3 Å². The number of aromatic nitrogens is 3. The van der Waals surface area contributed by atoms with E-state index in [0.29, 0.717) is 37.0 Å². The van der Waals surface area contributed by atoms with Gasteiger partial charge in [-0.25, -0.2) is 0 Å². The summed E-state index contributed by atoms with van der Waals surface area (Å²) in [6, 6.07) is 1.67. The molecule has 1 saturated heterocycles. The Morgan fingerprint density at radius 3 is 2.50 bits per heavy atom. The number of amides is 2. The van der Waals surface area contributed by atoms with Crippen LogP contribution in [0.3, 0.4) is 0 Å². The van der Waals surface area contributed by atoms with E-state index < -0.39 is 0 Å². The fraction of sp³-hybridized carbons (Fsp3) is 0.500. The number of aryl methyl sites for hydroxylation is 1. The Bertz CT molecular complexity index is 763. The zero-order chi connectivity index (χ0) is 18.5. The lowest BCUT2D eigenvalue weighted by atomic mass is 9.92. The van der Waals surface area contributed by atoms with Crippen LogP contribution in [0.4, 0.5) is 0 Å². The maximum Gasteiger partial charge on any atom is 0.276 e. The molecule has 2 amide bonds. The Morgan fingerprint density at radius 1 is 1.23 bits per heavy atom. The number of nitrogens with zero attached hydrogens (tertiary/aromatic N) is 4. The molecule has 0 bridgehead atoms. The molecule has 0 unspecified atom stereocenters. The Hall–Kier alpha value is -2.77. The highest BCUT2D eigenvalue weighted by atomic mass is 16.5. The van der Waals surface area contributed by atoms with Crippen molar-refractivity contribution in [2.24, 2.45) is 5.92 Å². The molecule has 0 atom stereocenters. The summed E-state index contributed by atoms with van der Waals surface area (Å²) in [7, 11) is 0. The van der Waals surface area contributed by atoms with Crippen LogP contribution in [0.2, 0.25) is 0 Å². The number of rotatable bonds is 5. The average Bonchev–Trinajstić information content (AvgIpc) is 3.07. The predicted molar refractivity (Wildman–Crippen MR) is 93.1 cm³/mol. The molecule has 1 aliphatic rings. The minimum Gasteiger partial charge on any atom is -0.361 e. The van der Waals surface area contributed by atoms with E-state index in [2.05, 4.69) is 20.4 Å². The summed E-state index contributed by atoms with van der Waals surface area (Å²) in [5.41, 5.74) is 2.06. The Kier molecular flexibility index (Phi) is 5.60. The lowest BCUT2D eigenvalue weighted by Crippen LogP contribution is -2.39. The molecule has 0 aromatic carbocycles. The molecular weight excluding hydrogens is 334 g/mol. The van der Waals surface area contributed by atoms with Crippen LogP contribution in [0.25, 0.3) is 0 Å². The van der Waals surface area contributed by atoms with Crippen LogP contribution >= 0.6 is 0 Å². The van der Waals surface area contributed by atoms with Crippen LogP contribution in [-0.4, -0.2) is 44.9 Å². The van der Waals surface area contributed by atoms with E-state index in [1.54, 1.807) is 25.4 Å². The minimum absolute atomic E-state index is 0.0672. The molecule has 1 N–H and O–H groups in total. The maximum atomic E-state index is 12.4. The van der Waals surface area contributed by atoms with Crippen LogP contribution in [-0.2, 0) is 17.8 Å². The number of likely N-dealkylation sites (tertiary alicyclic amines) is 1. The molecule has 0 saturated carbocycles. The van der Waals surface area contributed by atoms with Crippen molar-refractivity contribution in [2.45, 2.75) is 39.7 Å². The van der Waals surface area contributed by atoms with E-state index in [1.165, 1.54) is 6.92 Å². The highest BCUT2D eigenvalue weighted by Crippen LogP contribution is 2.22. The van der Waals surface area contributed by atoms with Gasteiger partial charge in [0.2, 0.25) is 5.91 Å². The average molecular weight is 357 g/mol. The molecule has 0 radical (unpaired) electrons. The maximum absolute atomic E-state index is 12.4. The molecule has 1 fully saturated rings. The van der Waals surface area contributed by atoms with E-state index in [0.717, 1.165) is 30.7 Å². The SMILES string of the molecule is CC(=O)NCc1cnc(CC2CCN(C(=O)c3cc(C)on3)CC2)cn1. The third-order valence-corrected chi connectivity index (χ3v) is 4.52. The van der Waals surface area contributed by atoms with Gasteiger partial charge in [-0.3, -0.25) is 19.6 Å². The molecule has 26 heavy (non-hydrogen) atoms. The second-order valence-electron chi connectivity index (χ2n) is 6.67. The van der Waals surface area contributed by atoms with E-state index in [4.69, 9.17) is 4.52 Å². The van der Waals surface area contributed by atoms with E-state index in [-0.39, 0.29) is 11.8 Å². The Balaban J connectivity index is 1.48. The van der Waals surface area contributed by atoms with Crippen molar-refractivity contribution in [3.63, 3.8) is 0 Å². The second-order valence-corrected chi connectivity index (χ2v) is 6.67. The number of carbonyl (C=O) groups excluding carboxylic acids is 2. The van der Waals surface area contributed by atoms with Crippen LogP contribution in [0.15, 0.2) is 23.0 Å². The number of nitrogens with one attached hydrogen (secondary N) is 1. The van der Waals surface area contributed by atoms with E-state index in [1.807, 2.05) is 4.90 Å². The van der Waals surface area contributed by atoms with Crippen molar-refractivity contribution in [3.8, 4) is 0 Å². The van der Waals surface area contributed by atoms with Gasteiger partial charge in [-0.1, -0.05) is 5.16 Å². The zero-order valence-electron chi connectivity index (χ0n) is 15.1. The molecule has 8 heteroatoms. The van der Waals surface area contributed by atoms with Crippen molar-refractivity contribution in [3.05, 3.63) is 41.3 Å². The topological polar surface area (TPSA) is 101 Å². The second kappa shape index (κ2) is 8.07. The Morgan fingerprint density at radius 2 is 1.92 bits per heavy atom. The van der Waals surface area contributed by atoms with Crippen molar-refractivity contribution >= 4 is 11.8 Å². The first-order chi connectivity index (χ1) is 12.5. The molecule has 3 heterocycles. The van der Waals surface area contributed by atoms with Gasteiger partial charge in [0.05, 0.1) is 24.1 Å². The highest BCUT2D eigenvalue weighted by Gasteiger charge is 2.25. The predicted octanol–water partition coefficient (Wildman–Crippen LogP) is 1.50. The number of piperidine rings is 1. The quantitative estimate of drug-likeness (QED) is 0.870. The summed E-state index contributed by atoms with van der Waals surface area (Å²) in [6.07, 6.45) is 6.18. The smallest absolute Gasteiger partial charge is 0.276 e. The first-order valence-corrected chi connectivity index (χ1v) is 8.78. The lowest BCUT2D eigenvalue weighted by Gasteiger charge is -2.31. The number of carbonyl (C=O) groups is 2. The van der Waals surface area contributed by atoms with Crippen LogP contribution in [0.1, 0.15) is 47.4 Å². The third-order valence-electron chi connectivity index (χ3n) is 4.52. The molecule has 3 rings (SSSR count). The third kappa shape index (κ3) is 4.65. The van der Waals surface area contributed by atoms with Crippen molar-refractivity contribution in [1.82, 2.24) is 25.3 Å². The summed E-state index contributed by atoms with van der Waals surface area (Å²) < 4.78 is 4.98. The first kappa shape index (κ1) is 18.0. The largest absolute Gasteiger partial charge is 0.361 e. The van der Waals surface area contributed by atoms with Gasteiger partial charge in [0.1, 0.15) is 5.76 Å². The van der Waals surface area contributed by atoms with Gasteiger partial charge in [0.15, 0.2) is 5.69 Å². The summed E-state index contributed by atoms with van der Waals surface area (Å²) in [4.78, 5) is 33.9. The summed E-state index contributed by atoms with van der Waals surface area (Å²) >= 11 is 0. The molecule has 2 aromatic rings. The molecule has 1 aliphatic heterocycles. The van der Waals surface area contributed by atoms with E-state index in [9.17, 15) is 9.59 Å². The van der Waals surface area contributed by atoms with E-state index >= 15 is 0 Å². The summed E-state index contributed by atoms with van der Waals surface area (Å²) in [6.45, 7) is 5.07. The normalized spacial score (nSPS) is 15.1. The van der Waals surface area contributed by atoms with Crippen molar-refractivity contribution in [2.75, 3.05) is 13.1 Å². The van der Waals surface area contributed by atoms with Gasteiger partial charge in [0.25, 0.3) is 5.91 Å². The zero-order valence-corrected chi connectivity index (χ0v) is 15.1. The molecule has 0 aliphatic carbocycles. The van der Waals surface area contributed by atoms with Gasteiger partial charge in [-0.15, -0.1) is 0 Å². The fourth-order valence-electron chi connectivity index (χ4n) is 3.06. The molecule has 8 nitrogen and oxygen atoms in total. The minimum atomic E-state index is -0.0852. The molecule has 138 valence electrons. The Labute approximate surface area is 152 Å². The number of hydrogen-bond donors (Lipinski definition) is 1. The van der Waals surface area contributed by atoms with Crippen LogP contribution in [0.5, 0.6) is 0 Å². The molecule has 0 spiro atoms. The molecular formula is C18H23N5O3. The van der Waals surface area contributed by atoms with Gasteiger partial charge >= 0.3 is 0 Å². The van der Waals surface area contributed by atoms with Crippen LogP contribution < -0.4 is 5.32 Å². The first-order valence-electron chi connectivity index (χ1n) is 8.78. The number of hydrogen-bond acceptors (Lipinski definition) is 6. The van der Waals surface area contributed by atoms with Gasteiger partial charge in [-0.05, 0) is 32.1 Å². The standard InChI is InChI=1S/C18H23N5O3/c1-12-7-17(22-26-12)18(25)23-5-3-14(4-6-23)8-15-9-21-16(11-20-15)10-19-13(2)24/h7,9,11,14H,3-6,8,10H2,1-2H3,(H,19,24). The summed E-state index contributed by atoms with van der Waals surface area (Å²) in [5.74, 6) is 0.970. The highest BCUT2D eigenvalue weighted by molar-refractivity contribution is 5.92. The van der Waals surface area contributed by atoms with Gasteiger partial charge < -0.3 is 14.7 Å². The van der Waals surface area contributed by atoms with Gasteiger partial charge in [-0.2, -0.15) is 0 Å².